The Hall–Kier alpha value is -1.75. The van der Waals surface area contributed by atoms with Gasteiger partial charge in [0.2, 0.25) is 0 Å². The fourth-order valence-electron chi connectivity index (χ4n) is 1.62. The highest BCUT2D eigenvalue weighted by atomic mass is 19.1. The smallest absolute Gasteiger partial charge is 0.196 e. The van der Waals surface area contributed by atoms with Crippen LogP contribution in [-0.4, -0.2) is 21.7 Å². The van der Waals surface area contributed by atoms with Crippen LogP contribution in [0.25, 0.3) is 10.9 Å². The molecule has 0 radical (unpaired) electrons. The molecule has 0 aliphatic rings. The van der Waals surface area contributed by atoms with Gasteiger partial charge in [-0.1, -0.05) is 0 Å². The van der Waals surface area contributed by atoms with Gasteiger partial charge in [-0.3, -0.25) is 0 Å². The number of benzene rings is 1. The van der Waals surface area contributed by atoms with E-state index in [0.29, 0.717) is 18.4 Å². The molecule has 2 aromatic rings. The van der Waals surface area contributed by atoms with Gasteiger partial charge in [0.05, 0.1) is 5.52 Å². The molecule has 1 aromatic carbocycles. The molecule has 80 valence electrons. The number of aromatic amines is 1. The molecule has 0 fully saturated rings. The highest BCUT2D eigenvalue weighted by Crippen LogP contribution is 2.35. The summed E-state index contributed by atoms with van der Waals surface area (Å²) in [6, 6.07) is 1.33. The fourth-order valence-corrected chi connectivity index (χ4v) is 1.62. The number of H-pyrrole nitrogens is 1. The Bertz CT molecular complexity index is 508. The maximum atomic E-state index is 13.4. The van der Waals surface area contributed by atoms with Gasteiger partial charge in [0.25, 0.3) is 0 Å². The lowest BCUT2D eigenvalue weighted by Gasteiger charge is -2.01. The molecular formula is C10H11FN2O2. The quantitative estimate of drug-likeness (QED) is 0.562. The number of halogens is 1. The third kappa shape index (κ3) is 1.41. The molecule has 0 saturated heterocycles. The Kier molecular flexibility index (Phi) is 2.24. The van der Waals surface area contributed by atoms with Crippen molar-refractivity contribution in [2.24, 2.45) is 5.73 Å². The first kappa shape index (κ1) is 9.79. The van der Waals surface area contributed by atoms with Crippen molar-refractivity contribution in [1.29, 1.82) is 0 Å². The zero-order chi connectivity index (χ0) is 11.0. The van der Waals surface area contributed by atoms with E-state index < -0.39 is 17.3 Å². The molecule has 1 aromatic heterocycles. The molecule has 0 aliphatic heterocycles. The summed E-state index contributed by atoms with van der Waals surface area (Å²) in [6.07, 6.45) is 2.21. The number of rotatable bonds is 2. The molecule has 0 saturated carbocycles. The lowest BCUT2D eigenvalue weighted by atomic mass is 10.1. The number of hydrogen-bond donors (Lipinski definition) is 4. The normalized spacial score (nSPS) is 11.1. The number of fused-ring (bicyclic) bond motifs is 1. The molecule has 0 amide bonds. The number of phenolic OH excluding ortho intramolecular Hbond substituents is 2. The number of hydrogen-bond acceptors (Lipinski definition) is 3. The molecule has 0 bridgehead atoms. The minimum absolute atomic E-state index is 0.189. The van der Waals surface area contributed by atoms with E-state index in [1.807, 2.05) is 0 Å². The van der Waals surface area contributed by atoms with Crippen molar-refractivity contribution in [2.75, 3.05) is 6.54 Å². The van der Waals surface area contributed by atoms with Crippen molar-refractivity contribution in [2.45, 2.75) is 6.42 Å². The number of nitrogens with one attached hydrogen (secondary N) is 1. The Labute approximate surface area is 85.1 Å². The number of nitrogens with two attached hydrogens (primary N) is 1. The average Bonchev–Trinajstić information content (AvgIpc) is 2.59. The topological polar surface area (TPSA) is 82.3 Å². The van der Waals surface area contributed by atoms with E-state index in [4.69, 9.17) is 5.73 Å². The SMILES string of the molecule is NCCc1c[nH]c2c(F)c(O)c(O)cc12. The van der Waals surface area contributed by atoms with Crippen LogP contribution in [0, 0.1) is 5.82 Å². The highest BCUT2D eigenvalue weighted by molar-refractivity contribution is 5.87. The minimum Gasteiger partial charge on any atom is -0.504 e. The zero-order valence-corrected chi connectivity index (χ0v) is 7.92. The van der Waals surface area contributed by atoms with Crippen molar-refractivity contribution in [3.8, 4) is 11.5 Å². The maximum Gasteiger partial charge on any atom is 0.196 e. The Morgan fingerprint density at radius 3 is 2.80 bits per heavy atom. The molecule has 5 N–H and O–H groups in total. The first-order valence-corrected chi connectivity index (χ1v) is 4.55. The van der Waals surface area contributed by atoms with E-state index >= 15 is 0 Å². The van der Waals surface area contributed by atoms with Crippen molar-refractivity contribution in [1.82, 2.24) is 4.98 Å². The zero-order valence-electron chi connectivity index (χ0n) is 7.92. The summed E-state index contributed by atoms with van der Waals surface area (Å²) in [4.78, 5) is 2.71. The Morgan fingerprint density at radius 1 is 1.40 bits per heavy atom. The Balaban J connectivity index is 2.71. The van der Waals surface area contributed by atoms with Gasteiger partial charge in [-0.2, -0.15) is 0 Å². The van der Waals surface area contributed by atoms with E-state index in [1.54, 1.807) is 6.20 Å². The molecule has 15 heavy (non-hydrogen) atoms. The lowest BCUT2D eigenvalue weighted by molar-refractivity contribution is 0.381. The van der Waals surface area contributed by atoms with Gasteiger partial charge in [0.1, 0.15) is 0 Å². The van der Waals surface area contributed by atoms with E-state index in [1.165, 1.54) is 6.07 Å². The maximum absolute atomic E-state index is 13.4. The summed E-state index contributed by atoms with van der Waals surface area (Å²) in [5.41, 5.74) is 6.41. The van der Waals surface area contributed by atoms with Crippen molar-refractivity contribution in [3.05, 3.63) is 23.6 Å². The summed E-state index contributed by atoms with van der Waals surface area (Å²) in [5, 5.41) is 19.0. The number of phenols is 2. The molecule has 0 aliphatic carbocycles. The second-order valence-electron chi connectivity index (χ2n) is 3.33. The van der Waals surface area contributed by atoms with Crippen molar-refractivity contribution < 1.29 is 14.6 Å². The first-order chi connectivity index (χ1) is 7.15. The van der Waals surface area contributed by atoms with Crippen LogP contribution in [0.15, 0.2) is 12.3 Å². The summed E-state index contributed by atoms with van der Waals surface area (Å²) < 4.78 is 13.4. The fraction of sp³-hybridized carbons (Fsp3) is 0.200. The molecule has 0 spiro atoms. The van der Waals surface area contributed by atoms with Gasteiger partial charge in [-0.05, 0) is 24.6 Å². The van der Waals surface area contributed by atoms with Crippen LogP contribution in [0.5, 0.6) is 11.5 Å². The number of aromatic hydroxyl groups is 2. The molecule has 0 atom stereocenters. The van der Waals surface area contributed by atoms with Gasteiger partial charge in [0.15, 0.2) is 17.3 Å². The first-order valence-electron chi connectivity index (χ1n) is 4.55. The van der Waals surface area contributed by atoms with Gasteiger partial charge >= 0.3 is 0 Å². The average molecular weight is 210 g/mol. The van der Waals surface area contributed by atoms with Crippen LogP contribution in [0.4, 0.5) is 4.39 Å². The third-order valence-corrected chi connectivity index (χ3v) is 2.37. The molecule has 1 heterocycles. The number of aromatic nitrogens is 1. The summed E-state index contributed by atoms with van der Waals surface area (Å²) in [7, 11) is 0. The van der Waals surface area contributed by atoms with Crippen LogP contribution in [0.1, 0.15) is 5.56 Å². The molecule has 2 rings (SSSR count). The van der Waals surface area contributed by atoms with Crippen LogP contribution < -0.4 is 5.73 Å². The molecule has 0 unspecified atom stereocenters. The minimum atomic E-state index is -0.840. The van der Waals surface area contributed by atoms with Gasteiger partial charge in [0, 0.05) is 11.6 Å². The molecule has 4 nitrogen and oxygen atoms in total. The van der Waals surface area contributed by atoms with E-state index in [2.05, 4.69) is 4.98 Å². The second kappa shape index (κ2) is 3.43. The van der Waals surface area contributed by atoms with Crippen LogP contribution in [-0.2, 0) is 6.42 Å². The largest absolute Gasteiger partial charge is 0.504 e. The monoisotopic (exact) mass is 210 g/mol. The summed E-state index contributed by atoms with van der Waals surface area (Å²) in [6.45, 7) is 0.441. The predicted molar refractivity (Wildman–Crippen MR) is 54.3 cm³/mol. The van der Waals surface area contributed by atoms with Crippen molar-refractivity contribution >= 4 is 10.9 Å². The summed E-state index contributed by atoms with van der Waals surface area (Å²) in [5.74, 6) is -2.03. The summed E-state index contributed by atoms with van der Waals surface area (Å²) >= 11 is 0. The third-order valence-electron chi connectivity index (χ3n) is 2.37. The lowest BCUT2D eigenvalue weighted by Crippen LogP contribution is -2.01. The van der Waals surface area contributed by atoms with Gasteiger partial charge in [-0.15, -0.1) is 0 Å². The van der Waals surface area contributed by atoms with Crippen LogP contribution >= 0.6 is 0 Å². The highest BCUT2D eigenvalue weighted by Gasteiger charge is 2.15. The van der Waals surface area contributed by atoms with Gasteiger partial charge < -0.3 is 20.9 Å². The predicted octanol–water partition coefficient (Wildman–Crippen LogP) is 1.22. The van der Waals surface area contributed by atoms with E-state index in [0.717, 1.165) is 5.56 Å². The van der Waals surface area contributed by atoms with Crippen LogP contribution in [0.2, 0.25) is 0 Å². The Morgan fingerprint density at radius 2 is 2.13 bits per heavy atom. The van der Waals surface area contributed by atoms with Gasteiger partial charge in [-0.25, -0.2) is 4.39 Å². The van der Waals surface area contributed by atoms with E-state index in [9.17, 15) is 14.6 Å². The van der Waals surface area contributed by atoms with E-state index in [-0.39, 0.29) is 5.52 Å². The van der Waals surface area contributed by atoms with Crippen LogP contribution in [0.3, 0.4) is 0 Å². The molecular weight excluding hydrogens is 199 g/mol. The van der Waals surface area contributed by atoms with Crippen molar-refractivity contribution in [3.63, 3.8) is 0 Å². The second-order valence-corrected chi connectivity index (χ2v) is 3.33. The molecule has 5 heteroatoms. The standard InChI is InChI=1S/C10H11FN2O2/c11-8-9-6(3-7(14)10(8)15)5(1-2-12)4-13-9/h3-4,13-15H,1-2,12H2.